The second-order valence-corrected chi connectivity index (χ2v) is 7.32. The van der Waals surface area contributed by atoms with Gasteiger partial charge in [-0.1, -0.05) is 48.5 Å². The molecule has 0 atom stereocenters. The van der Waals surface area contributed by atoms with Crippen molar-refractivity contribution in [3.8, 4) is 28.6 Å². The van der Waals surface area contributed by atoms with Crippen molar-refractivity contribution in [1.29, 1.82) is 5.26 Å². The molecule has 0 unspecified atom stereocenters. The Labute approximate surface area is 182 Å². The van der Waals surface area contributed by atoms with Gasteiger partial charge in [0.05, 0.1) is 35.3 Å². The molecule has 6 heteroatoms. The first kappa shape index (κ1) is 19.3. The van der Waals surface area contributed by atoms with Gasteiger partial charge in [-0.25, -0.2) is 9.36 Å². The fourth-order valence-electron chi connectivity index (χ4n) is 4.09. The molecule has 5 aromatic rings. The highest BCUT2D eigenvalue weighted by Gasteiger charge is 2.15. The van der Waals surface area contributed by atoms with E-state index in [0.29, 0.717) is 39.0 Å². The van der Waals surface area contributed by atoms with Crippen LogP contribution in [0.2, 0.25) is 0 Å². The standard InChI is InChI=1S/C26H17N3O3/c1-32-23-11-5-8-18(15-27)24(23)17-12-13-20-21(14-17)28-26(31)29(25(20)30)22-10-4-7-16-6-2-3-9-19(16)22/h2-14H,1H3,(H,28,31). The molecule has 0 amide bonds. The number of nitrogens with one attached hydrogen (secondary N) is 1. The van der Waals surface area contributed by atoms with Gasteiger partial charge in [-0.3, -0.25) is 4.79 Å². The van der Waals surface area contributed by atoms with Crippen LogP contribution in [-0.4, -0.2) is 16.7 Å². The minimum Gasteiger partial charge on any atom is -0.496 e. The van der Waals surface area contributed by atoms with Crippen LogP contribution in [0.15, 0.2) is 88.5 Å². The third-order valence-corrected chi connectivity index (χ3v) is 5.56. The van der Waals surface area contributed by atoms with E-state index >= 15 is 0 Å². The Balaban J connectivity index is 1.77. The molecule has 0 aliphatic carbocycles. The number of nitriles is 1. The fraction of sp³-hybridized carbons (Fsp3) is 0.0385. The van der Waals surface area contributed by atoms with Crippen molar-refractivity contribution in [2.75, 3.05) is 7.11 Å². The summed E-state index contributed by atoms with van der Waals surface area (Å²) >= 11 is 0. The van der Waals surface area contributed by atoms with Crippen LogP contribution in [0.5, 0.6) is 5.75 Å². The number of benzene rings is 4. The number of hydrogen-bond acceptors (Lipinski definition) is 4. The molecule has 1 heterocycles. The number of aromatic amines is 1. The van der Waals surface area contributed by atoms with Gasteiger partial charge in [0.15, 0.2) is 0 Å². The van der Waals surface area contributed by atoms with Crippen molar-refractivity contribution < 1.29 is 4.74 Å². The third-order valence-electron chi connectivity index (χ3n) is 5.56. The predicted octanol–water partition coefficient (Wildman–Crippen LogP) is 4.38. The zero-order valence-corrected chi connectivity index (χ0v) is 17.1. The lowest BCUT2D eigenvalue weighted by Crippen LogP contribution is -2.33. The third kappa shape index (κ3) is 2.96. The summed E-state index contributed by atoms with van der Waals surface area (Å²) in [5.74, 6) is 0.537. The van der Waals surface area contributed by atoms with E-state index in [1.54, 1.807) is 42.5 Å². The van der Waals surface area contributed by atoms with Gasteiger partial charge < -0.3 is 9.72 Å². The van der Waals surface area contributed by atoms with E-state index in [0.717, 1.165) is 15.3 Å². The van der Waals surface area contributed by atoms with Crippen molar-refractivity contribution in [2.45, 2.75) is 0 Å². The Bertz CT molecular complexity index is 1670. The van der Waals surface area contributed by atoms with Crippen molar-refractivity contribution >= 4 is 21.7 Å². The van der Waals surface area contributed by atoms with E-state index in [1.165, 1.54) is 7.11 Å². The summed E-state index contributed by atoms with van der Waals surface area (Å²) < 4.78 is 6.59. The second kappa shape index (κ2) is 7.56. The van der Waals surface area contributed by atoms with Crippen molar-refractivity contribution in [2.24, 2.45) is 0 Å². The first-order chi connectivity index (χ1) is 15.6. The summed E-state index contributed by atoms with van der Waals surface area (Å²) in [4.78, 5) is 29.2. The Morgan fingerprint density at radius 2 is 1.69 bits per heavy atom. The van der Waals surface area contributed by atoms with Gasteiger partial charge >= 0.3 is 5.69 Å². The molecule has 4 aromatic carbocycles. The van der Waals surface area contributed by atoms with Gasteiger partial charge in [0, 0.05) is 10.9 Å². The quantitative estimate of drug-likeness (QED) is 0.470. The maximum Gasteiger partial charge on any atom is 0.333 e. The lowest BCUT2D eigenvalue weighted by molar-refractivity contribution is 0.416. The molecular weight excluding hydrogens is 402 g/mol. The highest BCUT2D eigenvalue weighted by molar-refractivity contribution is 5.91. The number of hydrogen-bond donors (Lipinski definition) is 1. The van der Waals surface area contributed by atoms with Gasteiger partial charge in [0.2, 0.25) is 0 Å². The highest BCUT2D eigenvalue weighted by atomic mass is 16.5. The van der Waals surface area contributed by atoms with Crippen LogP contribution >= 0.6 is 0 Å². The number of methoxy groups -OCH3 is 1. The number of fused-ring (bicyclic) bond motifs is 2. The van der Waals surface area contributed by atoms with Crippen molar-refractivity contribution in [3.63, 3.8) is 0 Å². The van der Waals surface area contributed by atoms with Gasteiger partial charge in [-0.05, 0) is 41.3 Å². The zero-order valence-electron chi connectivity index (χ0n) is 17.1. The Morgan fingerprint density at radius 3 is 2.50 bits per heavy atom. The van der Waals surface area contributed by atoms with Gasteiger partial charge in [-0.2, -0.15) is 5.26 Å². The molecular formula is C26H17N3O3. The summed E-state index contributed by atoms with van der Waals surface area (Å²) in [6.45, 7) is 0. The number of aromatic nitrogens is 2. The minimum atomic E-state index is -0.531. The smallest absolute Gasteiger partial charge is 0.333 e. The summed E-state index contributed by atoms with van der Waals surface area (Å²) in [5, 5.41) is 11.7. The van der Waals surface area contributed by atoms with E-state index in [4.69, 9.17) is 4.74 Å². The van der Waals surface area contributed by atoms with Crippen molar-refractivity contribution in [3.05, 3.63) is 105 Å². The first-order valence-electron chi connectivity index (χ1n) is 9.97. The Hall–Kier alpha value is -4.63. The van der Waals surface area contributed by atoms with E-state index in [1.807, 2.05) is 36.4 Å². The molecule has 0 fully saturated rings. The normalized spacial score (nSPS) is 10.9. The van der Waals surface area contributed by atoms with Crippen LogP contribution in [0.3, 0.4) is 0 Å². The topological polar surface area (TPSA) is 87.9 Å². The summed E-state index contributed by atoms with van der Waals surface area (Å²) in [6.07, 6.45) is 0. The maximum atomic E-state index is 13.4. The van der Waals surface area contributed by atoms with Crippen LogP contribution in [0, 0.1) is 11.3 Å². The minimum absolute atomic E-state index is 0.370. The summed E-state index contributed by atoms with van der Waals surface area (Å²) in [5.41, 5.74) is 1.70. The number of ether oxygens (including phenoxy) is 1. The first-order valence-corrected chi connectivity index (χ1v) is 9.97. The van der Waals surface area contributed by atoms with Crippen LogP contribution in [0.25, 0.3) is 38.5 Å². The predicted molar refractivity (Wildman–Crippen MR) is 124 cm³/mol. The van der Waals surface area contributed by atoms with Gasteiger partial charge in [0.25, 0.3) is 5.56 Å². The van der Waals surface area contributed by atoms with Gasteiger partial charge in [-0.15, -0.1) is 0 Å². The molecule has 0 spiro atoms. The molecule has 0 saturated carbocycles. The Kier molecular flexibility index (Phi) is 4.57. The van der Waals surface area contributed by atoms with E-state index in [-0.39, 0.29) is 0 Å². The van der Waals surface area contributed by atoms with E-state index in [2.05, 4.69) is 11.1 Å². The van der Waals surface area contributed by atoms with Gasteiger partial charge in [0.1, 0.15) is 5.75 Å². The summed E-state index contributed by atoms with van der Waals surface area (Å²) in [6, 6.07) is 25.6. The molecule has 0 radical (unpaired) electrons. The van der Waals surface area contributed by atoms with Crippen LogP contribution in [0.4, 0.5) is 0 Å². The monoisotopic (exact) mass is 419 g/mol. The molecule has 0 aliphatic heterocycles. The molecule has 0 bridgehead atoms. The zero-order chi connectivity index (χ0) is 22.2. The molecule has 6 nitrogen and oxygen atoms in total. The average molecular weight is 419 g/mol. The van der Waals surface area contributed by atoms with Crippen LogP contribution in [-0.2, 0) is 0 Å². The molecule has 154 valence electrons. The lowest BCUT2D eigenvalue weighted by atomic mass is 9.98. The molecule has 0 aliphatic rings. The molecule has 32 heavy (non-hydrogen) atoms. The molecule has 1 N–H and O–H groups in total. The second-order valence-electron chi connectivity index (χ2n) is 7.32. The number of rotatable bonds is 3. The van der Waals surface area contributed by atoms with Crippen LogP contribution in [0.1, 0.15) is 5.56 Å². The van der Waals surface area contributed by atoms with Crippen molar-refractivity contribution in [1.82, 2.24) is 9.55 Å². The average Bonchev–Trinajstić information content (AvgIpc) is 2.83. The van der Waals surface area contributed by atoms with E-state index in [9.17, 15) is 14.9 Å². The highest BCUT2D eigenvalue weighted by Crippen LogP contribution is 2.34. The lowest BCUT2D eigenvalue weighted by Gasteiger charge is -2.12. The van der Waals surface area contributed by atoms with E-state index < -0.39 is 11.2 Å². The largest absolute Gasteiger partial charge is 0.496 e. The fourth-order valence-corrected chi connectivity index (χ4v) is 4.09. The molecule has 5 rings (SSSR count). The molecule has 1 aromatic heterocycles. The maximum absolute atomic E-state index is 13.4. The van der Waals surface area contributed by atoms with Crippen LogP contribution < -0.4 is 16.0 Å². The summed E-state index contributed by atoms with van der Waals surface area (Å²) in [7, 11) is 1.53. The SMILES string of the molecule is COc1cccc(C#N)c1-c1ccc2c(=O)n(-c3cccc4ccccc34)c(=O)[nH]c2c1. The molecule has 0 saturated heterocycles. The number of H-pyrrole nitrogens is 1. The number of nitrogens with zero attached hydrogens (tertiary/aromatic N) is 2. The Morgan fingerprint density at radius 1 is 0.906 bits per heavy atom.